The zero-order valence-electron chi connectivity index (χ0n) is 15.0. The number of aryl methyl sites for hydroxylation is 1. The van der Waals surface area contributed by atoms with E-state index in [9.17, 15) is 4.79 Å². The minimum Gasteiger partial charge on any atom is -0.495 e. The molecule has 6 heteroatoms. The van der Waals surface area contributed by atoms with Gasteiger partial charge >= 0.3 is 0 Å². The van der Waals surface area contributed by atoms with E-state index in [0.29, 0.717) is 24.5 Å². The van der Waals surface area contributed by atoms with E-state index >= 15 is 0 Å². The molecule has 3 aromatic rings. The summed E-state index contributed by atoms with van der Waals surface area (Å²) in [5.41, 5.74) is 1.73. The smallest absolute Gasteiger partial charge is 0.279 e. The molecule has 0 bridgehead atoms. The number of benzene rings is 1. The fraction of sp³-hybridized carbons (Fsp3) is 0.250. The summed E-state index contributed by atoms with van der Waals surface area (Å²) >= 11 is 0. The second kappa shape index (κ2) is 8.40. The van der Waals surface area contributed by atoms with Crippen LogP contribution in [0.4, 0.5) is 5.69 Å². The van der Waals surface area contributed by atoms with Gasteiger partial charge in [0, 0.05) is 0 Å². The highest BCUT2D eigenvalue weighted by Gasteiger charge is 2.19. The molecule has 3 rings (SSSR count). The number of ether oxygens (including phenoxy) is 1. The molecule has 0 fully saturated rings. The molecule has 0 aliphatic heterocycles. The van der Waals surface area contributed by atoms with Gasteiger partial charge in [0.15, 0.2) is 18.1 Å². The van der Waals surface area contributed by atoms with Gasteiger partial charge in [-0.15, -0.1) is 0 Å². The first-order chi connectivity index (χ1) is 12.6. The van der Waals surface area contributed by atoms with Gasteiger partial charge in [-0.05, 0) is 48.9 Å². The maximum Gasteiger partial charge on any atom is 0.279 e. The molecule has 0 saturated heterocycles. The summed E-state index contributed by atoms with van der Waals surface area (Å²) in [6.45, 7) is 3.43. The number of carbonyl (C=O) groups is 1. The molecular formula is C20H23N2O4+. The van der Waals surface area contributed by atoms with Crippen LogP contribution >= 0.6 is 0 Å². The molecule has 1 amide bonds. The standard InChI is InChI=1S/C20H22N2O4/c1-15-7-8-19(24-2)18(11-15)21-20(23)14-22(12-16-5-3-9-25-16)13-17-6-4-10-26-17/h3-11H,12-14H2,1-2H3,(H,21,23)/p+1. The second-order valence-electron chi connectivity index (χ2n) is 6.19. The Balaban J connectivity index is 1.69. The van der Waals surface area contributed by atoms with Crippen molar-refractivity contribution in [2.24, 2.45) is 0 Å². The van der Waals surface area contributed by atoms with Gasteiger partial charge in [-0.2, -0.15) is 0 Å². The van der Waals surface area contributed by atoms with Crippen LogP contribution in [0.25, 0.3) is 0 Å². The third-order valence-electron chi connectivity index (χ3n) is 4.05. The highest BCUT2D eigenvalue weighted by molar-refractivity contribution is 5.93. The Morgan fingerprint density at radius 2 is 1.73 bits per heavy atom. The maximum absolute atomic E-state index is 12.6. The van der Waals surface area contributed by atoms with Crippen molar-refractivity contribution in [3.05, 3.63) is 72.1 Å². The van der Waals surface area contributed by atoms with Gasteiger partial charge in [0.2, 0.25) is 0 Å². The summed E-state index contributed by atoms with van der Waals surface area (Å²) in [5, 5.41) is 2.95. The summed E-state index contributed by atoms with van der Waals surface area (Å²) in [5.74, 6) is 2.20. The summed E-state index contributed by atoms with van der Waals surface area (Å²) in [6, 6.07) is 13.2. The molecule has 26 heavy (non-hydrogen) atoms. The molecule has 2 aromatic heterocycles. The zero-order chi connectivity index (χ0) is 18.4. The monoisotopic (exact) mass is 355 g/mol. The largest absolute Gasteiger partial charge is 0.495 e. The van der Waals surface area contributed by atoms with Crippen molar-refractivity contribution < 1.29 is 23.3 Å². The molecule has 1 aromatic carbocycles. The Labute approximate surface area is 152 Å². The highest BCUT2D eigenvalue weighted by atomic mass is 16.5. The van der Waals surface area contributed by atoms with Crippen molar-refractivity contribution in [2.75, 3.05) is 19.0 Å². The van der Waals surface area contributed by atoms with Crippen LogP contribution in [0.15, 0.2) is 63.8 Å². The molecule has 0 aliphatic rings. The number of anilines is 1. The Kier molecular flexibility index (Phi) is 5.76. The molecule has 2 heterocycles. The van der Waals surface area contributed by atoms with Gasteiger partial charge in [0.25, 0.3) is 5.91 Å². The number of furan rings is 2. The maximum atomic E-state index is 12.6. The third kappa shape index (κ3) is 4.77. The fourth-order valence-corrected chi connectivity index (χ4v) is 2.85. The van der Waals surface area contributed by atoms with Gasteiger partial charge in [-0.3, -0.25) is 4.79 Å². The van der Waals surface area contributed by atoms with E-state index < -0.39 is 0 Å². The van der Waals surface area contributed by atoms with Crippen molar-refractivity contribution in [1.82, 2.24) is 0 Å². The number of rotatable bonds is 8. The number of carbonyl (C=O) groups excluding carboxylic acids is 1. The van der Waals surface area contributed by atoms with E-state index in [2.05, 4.69) is 5.32 Å². The second-order valence-corrected chi connectivity index (χ2v) is 6.19. The molecule has 0 unspecified atom stereocenters. The molecular weight excluding hydrogens is 332 g/mol. The average molecular weight is 355 g/mol. The zero-order valence-corrected chi connectivity index (χ0v) is 15.0. The predicted octanol–water partition coefficient (Wildman–Crippen LogP) is 2.41. The quantitative estimate of drug-likeness (QED) is 0.651. The highest BCUT2D eigenvalue weighted by Crippen LogP contribution is 2.24. The Morgan fingerprint density at radius 1 is 1.08 bits per heavy atom. The van der Waals surface area contributed by atoms with E-state index in [1.165, 1.54) is 0 Å². The molecule has 0 spiro atoms. The molecule has 136 valence electrons. The van der Waals surface area contributed by atoms with Crippen LogP contribution in [0.3, 0.4) is 0 Å². The number of amides is 1. The van der Waals surface area contributed by atoms with E-state index in [1.54, 1.807) is 19.6 Å². The van der Waals surface area contributed by atoms with Crippen molar-refractivity contribution in [3.63, 3.8) is 0 Å². The van der Waals surface area contributed by atoms with Crippen molar-refractivity contribution >= 4 is 11.6 Å². The van der Waals surface area contributed by atoms with Crippen LogP contribution in [-0.2, 0) is 17.9 Å². The minimum atomic E-state index is -0.0954. The summed E-state index contributed by atoms with van der Waals surface area (Å²) < 4.78 is 16.2. The number of quaternary nitrogens is 1. The molecule has 0 radical (unpaired) electrons. The third-order valence-corrected chi connectivity index (χ3v) is 4.05. The Bertz CT molecular complexity index is 789. The summed E-state index contributed by atoms with van der Waals surface area (Å²) in [6.07, 6.45) is 3.27. The van der Waals surface area contributed by atoms with Gasteiger partial charge in [0.05, 0.1) is 25.3 Å². The minimum absolute atomic E-state index is 0.0954. The first-order valence-corrected chi connectivity index (χ1v) is 8.47. The molecule has 2 N–H and O–H groups in total. The molecule has 0 atom stereocenters. The van der Waals surface area contributed by atoms with Gasteiger partial charge in [0.1, 0.15) is 18.8 Å². The lowest BCUT2D eigenvalue weighted by Gasteiger charge is -2.18. The Morgan fingerprint density at radius 3 is 2.27 bits per heavy atom. The number of hydrogen-bond acceptors (Lipinski definition) is 4. The normalized spacial score (nSPS) is 10.9. The molecule has 6 nitrogen and oxygen atoms in total. The average Bonchev–Trinajstić information content (AvgIpc) is 3.29. The summed E-state index contributed by atoms with van der Waals surface area (Å²) in [4.78, 5) is 13.6. The number of methoxy groups -OCH3 is 1. The van der Waals surface area contributed by atoms with Crippen molar-refractivity contribution in [2.45, 2.75) is 20.0 Å². The van der Waals surface area contributed by atoms with Crippen LogP contribution < -0.4 is 15.0 Å². The molecule has 0 aliphatic carbocycles. The van der Waals surface area contributed by atoms with E-state index in [0.717, 1.165) is 22.0 Å². The first kappa shape index (κ1) is 17.8. The van der Waals surface area contributed by atoms with E-state index in [-0.39, 0.29) is 12.5 Å². The van der Waals surface area contributed by atoms with E-state index in [1.807, 2.05) is 49.4 Å². The van der Waals surface area contributed by atoms with Gasteiger partial charge in [-0.25, -0.2) is 0 Å². The van der Waals surface area contributed by atoms with Crippen LogP contribution in [0, 0.1) is 6.92 Å². The lowest BCUT2D eigenvalue weighted by molar-refractivity contribution is -0.921. The first-order valence-electron chi connectivity index (χ1n) is 8.47. The van der Waals surface area contributed by atoms with Crippen LogP contribution in [-0.4, -0.2) is 19.6 Å². The Hall–Kier alpha value is -2.99. The van der Waals surface area contributed by atoms with Crippen molar-refractivity contribution in [1.29, 1.82) is 0 Å². The fourth-order valence-electron chi connectivity index (χ4n) is 2.85. The van der Waals surface area contributed by atoms with Crippen LogP contribution in [0.1, 0.15) is 17.1 Å². The van der Waals surface area contributed by atoms with E-state index in [4.69, 9.17) is 13.6 Å². The lowest BCUT2D eigenvalue weighted by Crippen LogP contribution is -3.10. The van der Waals surface area contributed by atoms with Crippen LogP contribution in [0.5, 0.6) is 5.75 Å². The topological polar surface area (TPSA) is 69.0 Å². The number of hydrogen-bond donors (Lipinski definition) is 2. The summed E-state index contributed by atoms with van der Waals surface area (Å²) in [7, 11) is 1.59. The number of nitrogens with one attached hydrogen (secondary N) is 2. The lowest BCUT2D eigenvalue weighted by atomic mass is 10.2. The van der Waals surface area contributed by atoms with Crippen LogP contribution in [0.2, 0.25) is 0 Å². The van der Waals surface area contributed by atoms with Gasteiger partial charge < -0.3 is 23.8 Å². The predicted molar refractivity (Wildman–Crippen MR) is 97.0 cm³/mol. The van der Waals surface area contributed by atoms with Crippen molar-refractivity contribution in [3.8, 4) is 5.75 Å². The SMILES string of the molecule is COc1ccc(C)cc1NC(=O)C[NH+](Cc1ccco1)Cc1ccco1. The van der Waals surface area contributed by atoms with Gasteiger partial charge in [-0.1, -0.05) is 6.07 Å². The molecule has 0 saturated carbocycles.